The van der Waals surface area contributed by atoms with E-state index >= 15 is 0 Å². The fourth-order valence-corrected chi connectivity index (χ4v) is 4.51. The van der Waals surface area contributed by atoms with Crippen LogP contribution in [0.5, 0.6) is 0 Å². The molecule has 2 aromatic heterocycles. The third-order valence-electron chi connectivity index (χ3n) is 5.21. The van der Waals surface area contributed by atoms with Crippen molar-refractivity contribution < 1.29 is 9.21 Å². The van der Waals surface area contributed by atoms with Crippen LogP contribution in [0.3, 0.4) is 0 Å². The largest absolute Gasteiger partial charge is 0.451 e. The number of benzene rings is 2. The Kier molecular flexibility index (Phi) is 4.81. The molecule has 1 amide bonds. The van der Waals surface area contributed by atoms with Gasteiger partial charge in [-0.05, 0) is 24.3 Å². The molecule has 0 N–H and O–H groups in total. The van der Waals surface area contributed by atoms with Gasteiger partial charge in [0.05, 0.1) is 5.75 Å². The van der Waals surface area contributed by atoms with Crippen LogP contribution in [0.15, 0.2) is 70.4 Å². The van der Waals surface area contributed by atoms with Crippen molar-refractivity contribution in [1.29, 1.82) is 0 Å². The standard InChI is InChI=1S/C22H20N4O2S/c27-19(26-12-10-25(11-13-26)16-6-2-1-3-7-16)14-29-22-21-20(23-15-24-22)17-8-4-5-9-18(17)28-21/h1-9,15H,10-14H2. The lowest BCUT2D eigenvalue weighted by Crippen LogP contribution is -2.49. The molecule has 6 nitrogen and oxygen atoms in total. The second kappa shape index (κ2) is 7.75. The zero-order valence-electron chi connectivity index (χ0n) is 15.8. The summed E-state index contributed by atoms with van der Waals surface area (Å²) in [5.41, 5.74) is 3.44. The van der Waals surface area contributed by atoms with E-state index in [1.54, 1.807) is 0 Å². The van der Waals surface area contributed by atoms with Gasteiger partial charge in [0.15, 0.2) is 5.58 Å². The van der Waals surface area contributed by atoms with Gasteiger partial charge in [0.25, 0.3) is 0 Å². The van der Waals surface area contributed by atoms with Crippen molar-refractivity contribution in [3.05, 3.63) is 60.9 Å². The number of para-hydroxylation sites is 2. The number of nitrogens with zero attached hydrogens (tertiary/aromatic N) is 4. The summed E-state index contributed by atoms with van der Waals surface area (Å²) in [6.45, 7) is 3.17. The average molecular weight is 404 g/mol. The summed E-state index contributed by atoms with van der Waals surface area (Å²) in [5, 5.41) is 1.68. The van der Waals surface area contributed by atoms with Crippen LogP contribution in [0.1, 0.15) is 0 Å². The van der Waals surface area contributed by atoms with E-state index < -0.39 is 0 Å². The lowest BCUT2D eigenvalue weighted by Gasteiger charge is -2.36. The van der Waals surface area contributed by atoms with Crippen molar-refractivity contribution in [2.45, 2.75) is 5.03 Å². The Labute approximate surface area is 172 Å². The van der Waals surface area contributed by atoms with E-state index in [1.165, 1.54) is 23.8 Å². The molecule has 1 aliphatic heterocycles. The Bertz CT molecular complexity index is 1150. The normalized spacial score (nSPS) is 14.6. The van der Waals surface area contributed by atoms with Gasteiger partial charge < -0.3 is 14.2 Å². The minimum Gasteiger partial charge on any atom is -0.451 e. The summed E-state index contributed by atoms with van der Waals surface area (Å²) in [6, 6.07) is 18.1. The molecule has 0 atom stereocenters. The van der Waals surface area contributed by atoms with Crippen molar-refractivity contribution >= 4 is 45.4 Å². The number of aromatic nitrogens is 2. The highest BCUT2D eigenvalue weighted by atomic mass is 32.2. The van der Waals surface area contributed by atoms with Gasteiger partial charge in [-0.3, -0.25) is 4.79 Å². The number of fused-ring (bicyclic) bond motifs is 3. The second-order valence-corrected chi connectivity index (χ2v) is 7.91. The molecule has 0 unspecified atom stereocenters. The molecule has 0 aliphatic carbocycles. The maximum absolute atomic E-state index is 12.7. The maximum atomic E-state index is 12.7. The second-order valence-electron chi connectivity index (χ2n) is 6.95. The minimum absolute atomic E-state index is 0.130. The number of carbonyl (C=O) groups is 1. The van der Waals surface area contributed by atoms with Crippen LogP contribution < -0.4 is 4.90 Å². The molecular formula is C22H20N4O2S. The number of furan rings is 1. The molecule has 29 heavy (non-hydrogen) atoms. The zero-order valence-corrected chi connectivity index (χ0v) is 16.6. The van der Waals surface area contributed by atoms with Crippen molar-refractivity contribution in [3.63, 3.8) is 0 Å². The van der Waals surface area contributed by atoms with E-state index in [2.05, 4.69) is 27.0 Å². The first-order valence-electron chi connectivity index (χ1n) is 9.62. The van der Waals surface area contributed by atoms with E-state index in [1.807, 2.05) is 47.4 Å². The zero-order chi connectivity index (χ0) is 19.6. The Morgan fingerprint density at radius 2 is 1.72 bits per heavy atom. The van der Waals surface area contributed by atoms with E-state index in [9.17, 15) is 4.79 Å². The quantitative estimate of drug-likeness (QED) is 0.381. The van der Waals surface area contributed by atoms with Gasteiger partial charge in [0, 0.05) is 37.3 Å². The van der Waals surface area contributed by atoms with Crippen LogP contribution in [-0.2, 0) is 4.79 Å². The highest BCUT2D eigenvalue weighted by Gasteiger charge is 2.22. The molecule has 146 valence electrons. The molecule has 2 aromatic carbocycles. The molecule has 5 rings (SSSR count). The van der Waals surface area contributed by atoms with Crippen LogP contribution in [0.4, 0.5) is 5.69 Å². The Morgan fingerprint density at radius 3 is 2.55 bits per heavy atom. The summed E-state index contributed by atoms with van der Waals surface area (Å²) in [6.07, 6.45) is 1.54. The molecule has 0 bridgehead atoms. The molecule has 0 saturated carbocycles. The first-order valence-corrected chi connectivity index (χ1v) is 10.6. The number of rotatable bonds is 4. The first kappa shape index (κ1) is 18.0. The van der Waals surface area contributed by atoms with Crippen molar-refractivity contribution in [3.8, 4) is 0 Å². The average Bonchev–Trinajstić information content (AvgIpc) is 3.17. The molecular weight excluding hydrogens is 384 g/mol. The molecule has 0 spiro atoms. The summed E-state index contributed by atoms with van der Waals surface area (Å²) in [5.74, 6) is 0.472. The van der Waals surface area contributed by atoms with Crippen molar-refractivity contribution in [1.82, 2.24) is 14.9 Å². The number of anilines is 1. The Hall–Kier alpha value is -3.06. The Balaban J connectivity index is 1.25. The minimum atomic E-state index is 0.130. The number of hydrogen-bond acceptors (Lipinski definition) is 6. The maximum Gasteiger partial charge on any atom is 0.233 e. The van der Waals surface area contributed by atoms with Gasteiger partial charge >= 0.3 is 0 Å². The van der Waals surface area contributed by atoms with Gasteiger partial charge in [-0.1, -0.05) is 42.1 Å². The molecule has 0 radical (unpaired) electrons. The van der Waals surface area contributed by atoms with Gasteiger partial charge in [-0.25, -0.2) is 9.97 Å². The number of carbonyl (C=O) groups excluding carboxylic acids is 1. The molecule has 1 saturated heterocycles. The molecule has 3 heterocycles. The van der Waals surface area contributed by atoms with Gasteiger partial charge in [-0.15, -0.1) is 0 Å². The summed E-state index contributed by atoms with van der Waals surface area (Å²) in [4.78, 5) is 25.7. The molecule has 4 aromatic rings. The van der Waals surface area contributed by atoms with Crippen LogP contribution in [0, 0.1) is 0 Å². The third kappa shape index (κ3) is 3.53. The summed E-state index contributed by atoms with van der Waals surface area (Å²) >= 11 is 1.41. The Morgan fingerprint density at radius 1 is 0.966 bits per heavy atom. The number of piperazine rings is 1. The number of amides is 1. The number of hydrogen-bond donors (Lipinski definition) is 0. The van der Waals surface area contributed by atoms with E-state index in [4.69, 9.17) is 4.42 Å². The van der Waals surface area contributed by atoms with E-state index in [-0.39, 0.29) is 5.91 Å². The molecule has 1 aliphatic rings. The van der Waals surface area contributed by atoms with E-state index in [0.29, 0.717) is 16.4 Å². The lowest BCUT2D eigenvalue weighted by atomic mass is 10.2. The van der Waals surface area contributed by atoms with Gasteiger partial charge in [-0.2, -0.15) is 0 Å². The monoisotopic (exact) mass is 404 g/mol. The molecule has 1 fully saturated rings. The van der Waals surface area contributed by atoms with Gasteiger partial charge in [0.2, 0.25) is 5.91 Å². The SMILES string of the molecule is O=C(CSc1ncnc2c1oc1ccccc12)N1CCN(c2ccccc2)CC1. The van der Waals surface area contributed by atoms with Crippen LogP contribution in [0.2, 0.25) is 0 Å². The van der Waals surface area contributed by atoms with Crippen molar-refractivity contribution in [2.24, 2.45) is 0 Å². The summed E-state index contributed by atoms with van der Waals surface area (Å²) in [7, 11) is 0. The smallest absolute Gasteiger partial charge is 0.233 e. The van der Waals surface area contributed by atoms with Crippen molar-refractivity contribution in [2.75, 3.05) is 36.8 Å². The highest BCUT2D eigenvalue weighted by Crippen LogP contribution is 2.32. The topological polar surface area (TPSA) is 62.5 Å². The fraction of sp³-hybridized carbons (Fsp3) is 0.227. The highest BCUT2D eigenvalue weighted by molar-refractivity contribution is 8.00. The van der Waals surface area contributed by atoms with Crippen LogP contribution >= 0.6 is 11.8 Å². The fourth-order valence-electron chi connectivity index (χ4n) is 3.68. The number of thioether (sulfide) groups is 1. The van der Waals surface area contributed by atoms with E-state index in [0.717, 1.165) is 42.7 Å². The predicted molar refractivity (Wildman–Crippen MR) is 115 cm³/mol. The summed E-state index contributed by atoms with van der Waals surface area (Å²) < 4.78 is 5.95. The third-order valence-corrected chi connectivity index (χ3v) is 6.17. The lowest BCUT2D eigenvalue weighted by molar-refractivity contribution is -0.128. The van der Waals surface area contributed by atoms with Crippen LogP contribution in [0.25, 0.3) is 22.1 Å². The first-order chi connectivity index (χ1) is 14.3. The predicted octanol–water partition coefficient (Wildman–Crippen LogP) is 3.82. The van der Waals surface area contributed by atoms with Crippen LogP contribution in [-0.4, -0.2) is 52.7 Å². The van der Waals surface area contributed by atoms with Gasteiger partial charge in [0.1, 0.15) is 22.5 Å². The molecule has 7 heteroatoms.